The molecular weight excluding hydrogens is 366 g/mol. The third-order valence-corrected chi connectivity index (χ3v) is 6.05. The predicted molar refractivity (Wildman–Crippen MR) is 120 cm³/mol. The van der Waals surface area contributed by atoms with Crippen LogP contribution in [0.4, 0.5) is 5.69 Å². The minimum absolute atomic E-state index is 0.0305. The molecule has 148 valence electrons. The average Bonchev–Trinajstić information content (AvgIpc) is 3.10. The number of aromatic amines is 1. The Morgan fingerprint density at radius 1 is 1.00 bits per heavy atom. The molecule has 1 aromatic heterocycles. The van der Waals surface area contributed by atoms with E-state index in [1.165, 1.54) is 11.1 Å². The first-order chi connectivity index (χ1) is 13.4. The second-order valence-electron chi connectivity index (χ2n) is 7.76. The zero-order valence-electron chi connectivity index (χ0n) is 17.2. The lowest BCUT2D eigenvalue weighted by atomic mass is 9.92. The number of aromatic nitrogens is 2. The van der Waals surface area contributed by atoms with Crippen LogP contribution in [-0.2, 0) is 4.79 Å². The molecule has 2 aromatic carbocycles. The Morgan fingerprint density at radius 2 is 1.64 bits per heavy atom. The van der Waals surface area contributed by atoms with Crippen LogP contribution in [-0.4, -0.2) is 21.6 Å². The number of carbonyl (C=O) groups is 1. The molecule has 0 aliphatic heterocycles. The van der Waals surface area contributed by atoms with E-state index < -0.39 is 0 Å². The van der Waals surface area contributed by atoms with E-state index >= 15 is 0 Å². The molecule has 2 N–H and O–H groups in total. The Hall–Kier alpha value is -2.27. The number of para-hydroxylation sites is 3. The van der Waals surface area contributed by atoms with Gasteiger partial charge in [0.15, 0.2) is 0 Å². The number of anilines is 1. The number of carbonyl (C=O) groups excluding carboxylic acids is 1. The molecular formula is C23H29N3OS. The number of hydrogen-bond donors (Lipinski definition) is 2. The molecule has 4 nitrogen and oxygen atoms in total. The van der Waals surface area contributed by atoms with E-state index in [-0.39, 0.29) is 11.2 Å². The lowest BCUT2D eigenvalue weighted by Gasteiger charge is -2.20. The van der Waals surface area contributed by atoms with E-state index in [1.54, 1.807) is 11.8 Å². The molecule has 0 bridgehead atoms. The molecule has 0 aliphatic rings. The number of amides is 1. The Labute approximate surface area is 171 Å². The van der Waals surface area contributed by atoms with Crippen molar-refractivity contribution in [3.63, 3.8) is 0 Å². The third kappa shape index (κ3) is 4.58. The summed E-state index contributed by atoms with van der Waals surface area (Å²) in [6.07, 6.45) is 0. The summed E-state index contributed by atoms with van der Waals surface area (Å²) in [7, 11) is 0. The van der Waals surface area contributed by atoms with Crippen LogP contribution in [0.1, 0.15) is 68.7 Å². The van der Waals surface area contributed by atoms with Gasteiger partial charge in [-0.1, -0.05) is 58.0 Å². The largest absolute Gasteiger partial charge is 0.341 e. The normalized spacial score (nSPS) is 12.7. The topological polar surface area (TPSA) is 57.8 Å². The van der Waals surface area contributed by atoms with Crippen molar-refractivity contribution in [3.05, 3.63) is 59.4 Å². The fourth-order valence-electron chi connectivity index (χ4n) is 3.32. The number of fused-ring (bicyclic) bond motifs is 1. The molecule has 28 heavy (non-hydrogen) atoms. The second kappa shape index (κ2) is 8.82. The molecule has 3 rings (SSSR count). The smallest absolute Gasteiger partial charge is 0.234 e. The molecule has 0 saturated carbocycles. The van der Waals surface area contributed by atoms with Crippen LogP contribution in [0.25, 0.3) is 11.0 Å². The summed E-state index contributed by atoms with van der Waals surface area (Å²) in [5, 5.41) is 3.30. The van der Waals surface area contributed by atoms with Gasteiger partial charge in [0.25, 0.3) is 0 Å². The van der Waals surface area contributed by atoms with Gasteiger partial charge in [-0.2, -0.15) is 0 Å². The van der Waals surface area contributed by atoms with Crippen LogP contribution in [0, 0.1) is 0 Å². The Bertz CT molecular complexity index is 902. The average molecular weight is 396 g/mol. The summed E-state index contributed by atoms with van der Waals surface area (Å²) in [5.74, 6) is 2.04. The van der Waals surface area contributed by atoms with E-state index in [4.69, 9.17) is 0 Å². The number of thioether (sulfide) groups is 1. The van der Waals surface area contributed by atoms with E-state index in [0.29, 0.717) is 17.6 Å². The maximum absolute atomic E-state index is 12.7. The molecule has 0 saturated heterocycles. The van der Waals surface area contributed by atoms with Crippen LogP contribution in [0.5, 0.6) is 0 Å². The number of imidazole rings is 1. The van der Waals surface area contributed by atoms with Gasteiger partial charge in [-0.15, -0.1) is 11.8 Å². The molecule has 5 heteroatoms. The van der Waals surface area contributed by atoms with Crippen LogP contribution in [0.2, 0.25) is 0 Å². The first kappa shape index (κ1) is 20.5. The van der Waals surface area contributed by atoms with Crippen molar-refractivity contribution in [1.29, 1.82) is 0 Å². The SMILES string of the molecule is CC(C)c1cccc(C(C)C)c1NC(=O)CS[C@H](C)c1nc2ccccc2[nH]1. The van der Waals surface area contributed by atoms with Gasteiger partial charge in [-0.25, -0.2) is 4.98 Å². The molecule has 0 unspecified atom stereocenters. The number of H-pyrrole nitrogens is 1. The highest BCUT2D eigenvalue weighted by atomic mass is 32.2. The second-order valence-corrected chi connectivity index (χ2v) is 9.09. The van der Waals surface area contributed by atoms with Gasteiger partial charge < -0.3 is 10.3 Å². The molecule has 1 amide bonds. The number of rotatable bonds is 7. The Kier molecular flexibility index (Phi) is 6.45. The van der Waals surface area contributed by atoms with Gasteiger partial charge in [-0.05, 0) is 42.0 Å². The Morgan fingerprint density at radius 3 is 2.25 bits per heavy atom. The number of nitrogens with zero attached hydrogens (tertiary/aromatic N) is 1. The van der Waals surface area contributed by atoms with Crippen molar-refractivity contribution < 1.29 is 4.79 Å². The molecule has 0 aliphatic carbocycles. The van der Waals surface area contributed by atoms with Crippen LogP contribution in [0.3, 0.4) is 0 Å². The highest BCUT2D eigenvalue weighted by molar-refractivity contribution is 8.00. The van der Waals surface area contributed by atoms with Crippen molar-refractivity contribution in [2.75, 3.05) is 11.1 Å². The summed E-state index contributed by atoms with van der Waals surface area (Å²) in [6.45, 7) is 10.7. The molecule has 1 heterocycles. The standard InChI is InChI=1S/C23H29N3OS/c1-14(2)17-9-8-10-18(15(3)4)22(17)26-21(27)13-28-16(5)23-24-19-11-6-7-12-20(19)25-23/h6-12,14-16H,13H2,1-5H3,(H,24,25)(H,26,27)/t16-/m1/s1. The van der Waals surface area contributed by atoms with E-state index in [0.717, 1.165) is 22.5 Å². The summed E-state index contributed by atoms with van der Waals surface area (Å²) >= 11 is 1.59. The van der Waals surface area contributed by atoms with Crippen molar-refractivity contribution in [2.24, 2.45) is 0 Å². The van der Waals surface area contributed by atoms with Crippen molar-refractivity contribution in [2.45, 2.75) is 51.7 Å². The van der Waals surface area contributed by atoms with Gasteiger partial charge in [0.05, 0.1) is 22.0 Å². The Balaban J connectivity index is 1.69. The van der Waals surface area contributed by atoms with E-state index in [1.807, 2.05) is 24.3 Å². The molecule has 0 radical (unpaired) electrons. The first-order valence-electron chi connectivity index (χ1n) is 9.85. The van der Waals surface area contributed by atoms with Gasteiger partial charge in [0, 0.05) is 5.69 Å². The quantitative estimate of drug-likeness (QED) is 0.497. The number of hydrogen-bond acceptors (Lipinski definition) is 3. The molecule has 0 fully saturated rings. The number of benzene rings is 2. The maximum atomic E-state index is 12.7. The fourth-order valence-corrected chi connectivity index (χ4v) is 4.06. The lowest BCUT2D eigenvalue weighted by molar-refractivity contribution is -0.113. The monoisotopic (exact) mass is 395 g/mol. The maximum Gasteiger partial charge on any atom is 0.234 e. The minimum Gasteiger partial charge on any atom is -0.341 e. The number of nitrogens with one attached hydrogen (secondary N) is 2. The van der Waals surface area contributed by atoms with Gasteiger partial charge in [0.2, 0.25) is 5.91 Å². The predicted octanol–water partition coefficient (Wildman–Crippen LogP) is 6.24. The first-order valence-corrected chi connectivity index (χ1v) is 10.9. The summed E-state index contributed by atoms with van der Waals surface area (Å²) < 4.78 is 0. The fraction of sp³-hybridized carbons (Fsp3) is 0.391. The summed E-state index contributed by atoms with van der Waals surface area (Å²) in [4.78, 5) is 20.7. The van der Waals surface area contributed by atoms with E-state index in [9.17, 15) is 4.79 Å². The molecule has 1 atom stereocenters. The third-order valence-electron chi connectivity index (χ3n) is 4.89. The van der Waals surface area contributed by atoms with Gasteiger partial charge in [0.1, 0.15) is 5.82 Å². The molecule has 0 spiro atoms. The molecule has 3 aromatic rings. The lowest BCUT2D eigenvalue weighted by Crippen LogP contribution is -2.18. The van der Waals surface area contributed by atoms with Crippen molar-refractivity contribution in [3.8, 4) is 0 Å². The minimum atomic E-state index is 0.0305. The van der Waals surface area contributed by atoms with E-state index in [2.05, 4.69) is 68.1 Å². The highest BCUT2D eigenvalue weighted by Crippen LogP contribution is 2.33. The van der Waals surface area contributed by atoms with Crippen LogP contribution in [0.15, 0.2) is 42.5 Å². The van der Waals surface area contributed by atoms with Crippen LogP contribution >= 0.6 is 11.8 Å². The van der Waals surface area contributed by atoms with Gasteiger partial charge in [-0.3, -0.25) is 4.79 Å². The van der Waals surface area contributed by atoms with Gasteiger partial charge >= 0.3 is 0 Å². The zero-order valence-corrected chi connectivity index (χ0v) is 18.1. The summed E-state index contributed by atoms with van der Waals surface area (Å²) in [5.41, 5.74) is 5.35. The van der Waals surface area contributed by atoms with Crippen LogP contribution < -0.4 is 5.32 Å². The van der Waals surface area contributed by atoms with Crippen molar-refractivity contribution >= 4 is 34.4 Å². The highest BCUT2D eigenvalue weighted by Gasteiger charge is 2.18. The summed E-state index contributed by atoms with van der Waals surface area (Å²) in [6, 6.07) is 14.3. The zero-order chi connectivity index (χ0) is 20.3. The van der Waals surface area contributed by atoms with Crippen molar-refractivity contribution in [1.82, 2.24) is 9.97 Å².